The zero-order valence-corrected chi connectivity index (χ0v) is 11.9. The molecule has 1 nitrogen and oxygen atoms in total. The van der Waals surface area contributed by atoms with Crippen molar-refractivity contribution in [3.63, 3.8) is 0 Å². The number of rotatable bonds is 3. The van der Waals surface area contributed by atoms with Gasteiger partial charge in [-0.05, 0) is 36.5 Å². The van der Waals surface area contributed by atoms with E-state index in [9.17, 15) is 0 Å². The third kappa shape index (κ3) is 2.82. The van der Waals surface area contributed by atoms with E-state index < -0.39 is 0 Å². The molecule has 1 fully saturated rings. The van der Waals surface area contributed by atoms with E-state index >= 15 is 0 Å². The van der Waals surface area contributed by atoms with Crippen LogP contribution in [0.2, 0.25) is 0 Å². The maximum atomic E-state index is 2.37. The summed E-state index contributed by atoms with van der Waals surface area (Å²) in [5.74, 6) is 0. The maximum absolute atomic E-state index is 2.37. The Hall–Kier alpha value is -1.34. The Balaban J connectivity index is 1.80. The van der Waals surface area contributed by atoms with Gasteiger partial charge in [0.2, 0.25) is 0 Å². The van der Waals surface area contributed by atoms with Gasteiger partial charge >= 0.3 is 0 Å². The lowest BCUT2D eigenvalue weighted by atomic mass is 9.94. The summed E-state index contributed by atoms with van der Waals surface area (Å²) in [6, 6.07) is 16.3. The summed E-state index contributed by atoms with van der Waals surface area (Å²) in [5, 5.41) is 2.80. The minimum Gasteiger partial charge on any atom is -0.331 e. The fourth-order valence-corrected chi connectivity index (χ4v) is 3.49. The first-order valence-corrected chi connectivity index (χ1v) is 7.63. The summed E-state index contributed by atoms with van der Waals surface area (Å²) in [4.78, 5) is 1.69. The van der Waals surface area contributed by atoms with Crippen molar-refractivity contribution in [1.29, 1.82) is 0 Å². The summed E-state index contributed by atoms with van der Waals surface area (Å²) in [6.45, 7) is 1.16. The van der Waals surface area contributed by atoms with Crippen molar-refractivity contribution >= 4 is 10.8 Å². The molecular formula is C18H24N+. The highest BCUT2D eigenvalue weighted by molar-refractivity contribution is 5.85. The van der Waals surface area contributed by atoms with Crippen molar-refractivity contribution in [3.8, 4) is 0 Å². The van der Waals surface area contributed by atoms with Crippen LogP contribution in [0.15, 0.2) is 42.5 Å². The number of hydrogen-bond acceptors (Lipinski definition) is 0. The fraction of sp³-hybridized carbons (Fsp3) is 0.444. The number of hydrogen-bond donors (Lipinski definition) is 1. The predicted molar refractivity (Wildman–Crippen MR) is 81.4 cm³/mol. The van der Waals surface area contributed by atoms with E-state index in [0.717, 1.165) is 12.6 Å². The van der Waals surface area contributed by atoms with E-state index in [0.29, 0.717) is 0 Å². The highest BCUT2D eigenvalue weighted by atomic mass is 15.1. The highest BCUT2D eigenvalue weighted by Gasteiger charge is 2.21. The Labute approximate surface area is 116 Å². The average Bonchev–Trinajstić information content (AvgIpc) is 2.48. The molecule has 1 aliphatic rings. The lowest BCUT2D eigenvalue weighted by Crippen LogP contribution is -3.11. The van der Waals surface area contributed by atoms with Crippen LogP contribution in [-0.4, -0.2) is 13.1 Å². The quantitative estimate of drug-likeness (QED) is 0.858. The summed E-state index contributed by atoms with van der Waals surface area (Å²) >= 11 is 0. The van der Waals surface area contributed by atoms with Gasteiger partial charge in [0.25, 0.3) is 0 Å². The normalized spacial score (nSPS) is 18.6. The Morgan fingerprint density at radius 3 is 2.53 bits per heavy atom. The van der Waals surface area contributed by atoms with E-state index in [1.54, 1.807) is 4.90 Å². The first-order valence-electron chi connectivity index (χ1n) is 7.63. The molecule has 0 amide bonds. The molecule has 3 rings (SSSR count). The molecule has 100 valence electrons. The Kier molecular flexibility index (Phi) is 3.84. The summed E-state index contributed by atoms with van der Waals surface area (Å²) in [5.41, 5.74) is 1.50. The van der Waals surface area contributed by atoms with Gasteiger partial charge in [-0.1, -0.05) is 48.9 Å². The Morgan fingerprint density at radius 2 is 1.68 bits per heavy atom. The third-order valence-electron chi connectivity index (χ3n) is 4.65. The van der Waals surface area contributed by atoms with Gasteiger partial charge in [-0.2, -0.15) is 0 Å². The maximum Gasteiger partial charge on any atom is 0.103 e. The highest BCUT2D eigenvalue weighted by Crippen LogP contribution is 2.19. The van der Waals surface area contributed by atoms with Gasteiger partial charge in [0, 0.05) is 5.56 Å². The first-order chi connectivity index (χ1) is 9.34. The molecule has 0 bridgehead atoms. The van der Waals surface area contributed by atoms with Crippen LogP contribution in [0.4, 0.5) is 0 Å². The van der Waals surface area contributed by atoms with Gasteiger partial charge < -0.3 is 4.90 Å². The number of nitrogens with one attached hydrogen (secondary N) is 1. The van der Waals surface area contributed by atoms with E-state index in [1.165, 1.54) is 48.4 Å². The average molecular weight is 254 g/mol. The van der Waals surface area contributed by atoms with Crippen LogP contribution in [0.1, 0.15) is 37.7 Å². The molecule has 1 aliphatic carbocycles. The van der Waals surface area contributed by atoms with E-state index in [4.69, 9.17) is 0 Å². The molecule has 1 saturated carbocycles. The Bertz CT molecular complexity index is 535. The molecule has 19 heavy (non-hydrogen) atoms. The summed E-state index contributed by atoms with van der Waals surface area (Å²) < 4.78 is 0. The molecule has 1 heteroatoms. The monoisotopic (exact) mass is 254 g/mol. The van der Waals surface area contributed by atoms with Crippen LogP contribution in [0.25, 0.3) is 10.8 Å². The smallest absolute Gasteiger partial charge is 0.103 e. The zero-order valence-electron chi connectivity index (χ0n) is 11.9. The lowest BCUT2D eigenvalue weighted by molar-refractivity contribution is -0.920. The molecular weight excluding hydrogens is 230 g/mol. The van der Waals surface area contributed by atoms with Crippen LogP contribution >= 0.6 is 0 Å². The standard InChI is InChI=1S/C18H23N/c1-19(17-11-3-2-4-12-17)14-16-10-7-9-15-8-5-6-13-18(15)16/h5-10,13,17H,2-4,11-12,14H2,1H3/p+1. The largest absolute Gasteiger partial charge is 0.331 e. The molecule has 1 N–H and O–H groups in total. The SMILES string of the molecule is C[NH+](Cc1cccc2ccccc12)C1CCCCC1. The molecule has 0 aromatic heterocycles. The molecule has 2 aromatic carbocycles. The van der Waals surface area contributed by atoms with Crippen LogP contribution in [0, 0.1) is 0 Å². The van der Waals surface area contributed by atoms with Crippen molar-refractivity contribution in [1.82, 2.24) is 0 Å². The number of quaternary nitrogens is 1. The van der Waals surface area contributed by atoms with Crippen LogP contribution in [-0.2, 0) is 6.54 Å². The molecule has 0 heterocycles. The van der Waals surface area contributed by atoms with Crippen LogP contribution in [0.3, 0.4) is 0 Å². The first kappa shape index (κ1) is 12.7. The van der Waals surface area contributed by atoms with Crippen molar-refractivity contribution in [2.45, 2.75) is 44.7 Å². The predicted octanol–water partition coefficient (Wildman–Crippen LogP) is 3.19. The molecule has 1 unspecified atom stereocenters. The van der Waals surface area contributed by atoms with Crippen molar-refractivity contribution in [2.24, 2.45) is 0 Å². The molecule has 2 aromatic rings. The summed E-state index contributed by atoms with van der Waals surface area (Å²) in [7, 11) is 2.37. The second-order valence-corrected chi connectivity index (χ2v) is 6.00. The third-order valence-corrected chi connectivity index (χ3v) is 4.65. The van der Waals surface area contributed by atoms with Gasteiger partial charge in [0.1, 0.15) is 6.54 Å². The van der Waals surface area contributed by atoms with E-state index in [1.807, 2.05) is 0 Å². The van der Waals surface area contributed by atoms with Gasteiger partial charge in [-0.15, -0.1) is 0 Å². The van der Waals surface area contributed by atoms with Crippen molar-refractivity contribution < 1.29 is 4.90 Å². The number of benzene rings is 2. The second kappa shape index (κ2) is 5.75. The fourth-order valence-electron chi connectivity index (χ4n) is 3.49. The Morgan fingerprint density at radius 1 is 0.947 bits per heavy atom. The van der Waals surface area contributed by atoms with E-state index in [2.05, 4.69) is 49.5 Å². The van der Waals surface area contributed by atoms with Crippen molar-refractivity contribution in [3.05, 3.63) is 48.0 Å². The second-order valence-electron chi connectivity index (χ2n) is 6.00. The summed E-state index contributed by atoms with van der Waals surface area (Å²) in [6.07, 6.45) is 7.13. The molecule has 0 saturated heterocycles. The zero-order chi connectivity index (χ0) is 13.1. The van der Waals surface area contributed by atoms with Gasteiger partial charge in [-0.25, -0.2) is 0 Å². The number of fused-ring (bicyclic) bond motifs is 1. The van der Waals surface area contributed by atoms with Crippen LogP contribution < -0.4 is 4.90 Å². The van der Waals surface area contributed by atoms with Gasteiger partial charge in [-0.3, -0.25) is 0 Å². The topological polar surface area (TPSA) is 4.44 Å². The molecule has 1 atom stereocenters. The molecule has 0 aliphatic heterocycles. The minimum atomic E-state index is 0.868. The minimum absolute atomic E-state index is 0.868. The van der Waals surface area contributed by atoms with Gasteiger partial charge in [0.05, 0.1) is 13.1 Å². The van der Waals surface area contributed by atoms with Crippen molar-refractivity contribution in [2.75, 3.05) is 7.05 Å². The van der Waals surface area contributed by atoms with E-state index in [-0.39, 0.29) is 0 Å². The van der Waals surface area contributed by atoms with Gasteiger partial charge in [0.15, 0.2) is 0 Å². The lowest BCUT2D eigenvalue weighted by Gasteiger charge is -2.28. The molecule has 0 radical (unpaired) electrons. The van der Waals surface area contributed by atoms with Crippen LogP contribution in [0.5, 0.6) is 0 Å². The molecule has 0 spiro atoms.